The number of hydrogen-bond donors (Lipinski definition) is 2. The molecular weight excluding hydrogens is 322 g/mol. The van der Waals surface area contributed by atoms with E-state index in [4.69, 9.17) is 4.74 Å². The van der Waals surface area contributed by atoms with E-state index in [2.05, 4.69) is 28.5 Å². The number of rotatable bonds is 6. The number of benzene rings is 1. The van der Waals surface area contributed by atoms with Crippen LogP contribution in [0.1, 0.15) is 28.1 Å². The van der Waals surface area contributed by atoms with Crippen molar-refractivity contribution in [3.63, 3.8) is 0 Å². The predicted octanol–water partition coefficient (Wildman–Crippen LogP) is 3.68. The smallest absolute Gasteiger partial charge is 0.255 e. The lowest BCUT2D eigenvalue weighted by atomic mass is 10.0. The van der Waals surface area contributed by atoms with Gasteiger partial charge < -0.3 is 10.1 Å². The van der Waals surface area contributed by atoms with Gasteiger partial charge in [-0.25, -0.2) is 0 Å². The van der Waals surface area contributed by atoms with Gasteiger partial charge in [-0.1, -0.05) is 19.1 Å². The van der Waals surface area contributed by atoms with Crippen LogP contribution in [0.4, 0.5) is 0 Å². The van der Waals surface area contributed by atoms with Gasteiger partial charge in [0.15, 0.2) is 0 Å². The fourth-order valence-electron chi connectivity index (χ4n) is 2.48. The molecule has 0 spiro atoms. The predicted molar refractivity (Wildman–Crippen MR) is 95.6 cm³/mol. The van der Waals surface area contributed by atoms with Gasteiger partial charge in [-0.3, -0.25) is 9.89 Å². The second-order valence-electron chi connectivity index (χ2n) is 5.53. The topological polar surface area (TPSA) is 67.0 Å². The number of ether oxygens (including phenoxy) is 1. The second-order valence-corrected chi connectivity index (χ2v) is 6.51. The summed E-state index contributed by atoms with van der Waals surface area (Å²) >= 11 is 1.70. The molecule has 0 aliphatic rings. The van der Waals surface area contributed by atoms with Gasteiger partial charge in [0.25, 0.3) is 5.91 Å². The Morgan fingerprint density at radius 1 is 1.38 bits per heavy atom. The minimum absolute atomic E-state index is 0.131. The molecule has 1 unspecified atom stereocenters. The third-order valence-corrected chi connectivity index (χ3v) is 4.98. The zero-order valence-corrected chi connectivity index (χ0v) is 14.4. The Kier molecular flexibility index (Phi) is 4.96. The largest absolute Gasteiger partial charge is 0.496 e. The summed E-state index contributed by atoms with van der Waals surface area (Å²) in [6.45, 7) is 2.69. The number of thiophene rings is 1. The number of methoxy groups -OCH3 is 1. The molecule has 1 amide bonds. The maximum Gasteiger partial charge on any atom is 0.255 e. The van der Waals surface area contributed by atoms with Crippen molar-refractivity contribution in [2.45, 2.75) is 12.8 Å². The number of carbonyl (C=O) groups is 1. The molecule has 0 aliphatic heterocycles. The lowest BCUT2D eigenvalue weighted by molar-refractivity contribution is 0.0949. The first-order valence-electron chi connectivity index (χ1n) is 7.68. The lowest BCUT2D eigenvalue weighted by Gasteiger charge is -2.13. The molecule has 24 heavy (non-hydrogen) atoms. The maximum atomic E-state index is 12.5. The van der Waals surface area contributed by atoms with Gasteiger partial charge in [-0.2, -0.15) is 5.10 Å². The Balaban J connectivity index is 1.72. The van der Waals surface area contributed by atoms with E-state index < -0.39 is 0 Å². The monoisotopic (exact) mass is 341 g/mol. The Morgan fingerprint density at radius 3 is 2.92 bits per heavy atom. The molecule has 0 radical (unpaired) electrons. The van der Waals surface area contributed by atoms with Crippen LogP contribution in [0.25, 0.3) is 11.1 Å². The van der Waals surface area contributed by atoms with E-state index in [1.165, 1.54) is 4.88 Å². The quantitative estimate of drug-likeness (QED) is 0.719. The van der Waals surface area contributed by atoms with E-state index in [0.717, 1.165) is 11.1 Å². The molecule has 2 N–H and O–H groups in total. The van der Waals surface area contributed by atoms with Gasteiger partial charge in [0, 0.05) is 29.1 Å². The number of amides is 1. The summed E-state index contributed by atoms with van der Waals surface area (Å²) < 4.78 is 5.39. The Morgan fingerprint density at radius 2 is 2.25 bits per heavy atom. The molecule has 2 heterocycles. The average molecular weight is 341 g/mol. The van der Waals surface area contributed by atoms with Crippen molar-refractivity contribution in [2.24, 2.45) is 0 Å². The molecule has 3 aromatic rings. The van der Waals surface area contributed by atoms with Gasteiger partial charge >= 0.3 is 0 Å². The van der Waals surface area contributed by atoms with E-state index in [0.29, 0.717) is 17.9 Å². The van der Waals surface area contributed by atoms with Crippen molar-refractivity contribution in [1.29, 1.82) is 0 Å². The van der Waals surface area contributed by atoms with E-state index in [-0.39, 0.29) is 11.8 Å². The number of nitrogens with zero attached hydrogens (tertiary/aromatic N) is 1. The maximum absolute atomic E-state index is 12.5. The standard InChI is InChI=1S/C18H19N3O2S/c1-12(17-4-3-7-24-17)9-19-18(22)15-6-5-13(8-16(15)23-2)14-10-20-21-11-14/h3-8,10-12H,9H2,1-2H3,(H,19,22)(H,20,21). The number of aromatic nitrogens is 2. The van der Waals surface area contributed by atoms with Crippen LogP contribution >= 0.6 is 11.3 Å². The molecule has 5 nitrogen and oxygen atoms in total. The van der Waals surface area contributed by atoms with Crippen molar-refractivity contribution in [3.8, 4) is 16.9 Å². The van der Waals surface area contributed by atoms with Crippen molar-refractivity contribution in [2.75, 3.05) is 13.7 Å². The van der Waals surface area contributed by atoms with Gasteiger partial charge in [-0.15, -0.1) is 11.3 Å². The Bertz CT molecular complexity index is 798. The summed E-state index contributed by atoms with van der Waals surface area (Å²) in [6, 6.07) is 9.64. The molecule has 1 atom stereocenters. The number of aromatic amines is 1. The van der Waals surface area contributed by atoms with Crippen LogP contribution in [0.2, 0.25) is 0 Å². The number of carbonyl (C=O) groups excluding carboxylic acids is 1. The summed E-state index contributed by atoms with van der Waals surface area (Å²) in [5.41, 5.74) is 2.43. The summed E-state index contributed by atoms with van der Waals surface area (Å²) in [5, 5.41) is 11.8. The molecule has 1 aromatic carbocycles. The van der Waals surface area contributed by atoms with Gasteiger partial charge in [-0.05, 0) is 29.1 Å². The van der Waals surface area contributed by atoms with Crippen LogP contribution in [0.5, 0.6) is 5.75 Å². The Hall–Kier alpha value is -2.60. The van der Waals surface area contributed by atoms with E-state index in [1.54, 1.807) is 36.9 Å². The summed E-state index contributed by atoms with van der Waals surface area (Å²) in [6.07, 6.45) is 3.54. The van der Waals surface area contributed by atoms with Crippen LogP contribution in [-0.2, 0) is 0 Å². The number of nitrogens with one attached hydrogen (secondary N) is 2. The first-order chi connectivity index (χ1) is 11.7. The minimum Gasteiger partial charge on any atom is -0.496 e. The van der Waals surface area contributed by atoms with Crippen molar-refractivity contribution >= 4 is 17.2 Å². The fraction of sp³-hybridized carbons (Fsp3) is 0.222. The minimum atomic E-state index is -0.131. The third kappa shape index (κ3) is 3.49. The summed E-state index contributed by atoms with van der Waals surface area (Å²) in [7, 11) is 1.57. The van der Waals surface area contributed by atoms with Crippen LogP contribution in [-0.4, -0.2) is 29.8 Å². The van der Waals surface area contributed by atoms with Crippen LogP contribution < -0.4 is 10.1 Å². The molecular formula is C18H19N3O2S. The van der Waals surface area contributed by atoms with Gasteiger partial charge in [0.2, 0.25) is 0 Å². The first kappa shape index (κ1) is 16.3. The Labute approximate surface area is 144 Å². The van der Waals surface area contributed by atoms with Crippen molar-refractivity contribution < 1.29 is 9.53 Å². The molecule has 0 bridgehead atoms. The van der Waals surface area contributed by atoms with Crippen LogP contribution in [0, 0.1) is 0 Å². The van der Waals surface area contributed by atoms with Crippen molar-refractivity contribution in [3.05, 3.63) is 58.5 Å². The number of hydrogen-bond acceptors (Lipinski definition) is 4. The molecule has 0 saturated carbocycles. The van der Waals surface area contributed by atoms with E-state index in [9.17, 15) is 4.79 Å². The number of H-pyrrole nitrogens is 1. The molecule has 0 fully saturated rings. The molecule has 124 valence electrons. The van der Waals surface area contributed by atoms with Gasteiger partial charge in [0.1, 0.15) is 5.75 Å². The third-order valence-electron chi connectivity index (χ3n) is 3.88. The lowest BCUT2D eigenvalue weighted by Crippen LogP contribution is -2.27. The van der Waals surface area contributed by atoms with Crippen molar-refractivity contribution in [1.82, 2.24) is 15.5 Å². The molecule has 0 saturated heterocycles. The SMILES string of the molecule is COc1cc(-c2cn[nH]c2)ccc1C(=O)NCC(C)c1cccs1. The van der Waals surface area contributed by atoms with Gasteiger partial charge in [0.05, 0.1) is 18.9 Å². The molecule has 0 aliphatic carbocycles. The molecule has 6 heteroatoms. The highest BCUT2D eigenvalue weighted by molar-refractivity contribution is 7.10. The van der Waals surface area contributed by atoms with E-state index in [1.807, 2.05) is 23.6 Å². The highest BCUT2D eigenvalue weighted by Gasteiger charge is 2.15. The first-order valence-corrected chi connectivity index (χ1v) is 8.56. The van der Waals surface area contributed by atoms with E-state index >= 15 is 0 Å². The summed E-state index contributed by atoms with van der Waals surface area (Å²) in [5.74, 6) is 0.703. The normalized spacial score (nSPS) is 11.9. The zero-order chi connectivity index (χ0) is 16.9. The highest BCUT2D eigenvalue weighted by Crippen LogP contribution is 2.27. The molecule has 2 aromatic heterocycles. The van der Waals surface area contributed by atoms with Crippen LogP contribution in [0.3, 0.4) is 0 Å². The summed E-state index contributed by atoms with van der Waals surface area (Å²) in [4.78, 5) is 13.8. The molecule has 3 rings (SSSR count). The van der Waals surface area contributed by atoms with Crippen LogP contribution in [0.15, 0.2) is 48.1 Å². The zero-order valence-electron chi connectivity index (χ0n) is 13.6. The highest BCUT2D eigenvalue weighted by atomic mass is 32.1. The fourth-order valence-corrected chi connectivity index (χ4v) is 3.27. The average Bonchev–Trinajstić information content (AvgIpc) is 3.32. The second kappa shape index (κ2) is 7.31.